The lowest BCUT2D eigenvalue weighted by Crippen LogP contribution is -2.51. The molecule has 0 radical (unpaired) electrons. The van der Waals surface area contributed by atoms with Crippen LogP contribution in [0.25, 0.3) is 0 Å². The molecule has 0 unspecified atom stereocenters. The minimum atomic E-state index is -3.69. The van der Waals surface area contributed by atoms with Crippen molar-refractivity contribution in [1.29, 1.82) is 0 Å². The quantitative estimate of drug-likeness (QED) is 0.776. The van der Waals surface area contributed by atoms with Crippen molar-refractivity contribution in [3.63, 3.8) is 0 Å². The Morgan fingerprint density at radius 3 is 2.15 bits per heavy atom. The highest BCUT2D eigenvalue weighted by molar-refractivity contribution is 7.96. The Hall–Kier alpha value is -0.920. The fourth-order valence-electron chi connectivity index (χ4n) is 4.51. The molecule has 7 heteroatoms. The number of hydrogen-bond donors (Lipinski definition) is 0. The monoisotopic (exact) mass is 399 g/mol. The first-order chi connectivity index (χ1) is 12.1. The zero-order valence-electron chi connectivity index (χ0n) is 15.8. The summed E-state index contributed by atoms with van der Waals surface area (Å²) in [5.74, 6) is 0.585. The molecular weight excluding hydrogens is 370 g/mol. The lowest BCUT2D eigenvalue weighted by molar-refractivity contribution is 0.107. The number of benzene rings is 1. The summed E-state index contributed by atoms with van der Waals surface area (Å²) < 4.78 is 51.2. The van der Waals surface area contributed by atoms with Gasteiger partial charge in [-0.2, -0.15) is 0 Å². The minimum Gasteiger partial charge on any atom is -0.297 e. The molecule has 2 saturated heterocycles. The highest BCUT2D eigenvalue weighted by Crippen LogP contribution is 2.32. The van der Waals surface area contributed by atoms with Gasteiger partial charge < -0.3 is 0 Å². The number of rotatable bonds is 4. The van der Waals surface area contributed by atoms with Crippen LogP contribution in [0.4, 0.5) is 0 Å². The van der Waals surface area contributed by atoms with Gasteiger partial charge in [0.05, 0.1) is 21.7 Å². The first-order valence-corrected chi connectivity index (χ1v) is 12.8. The van der Waals surface area contributed by atoms with Crippen LogP contribution in [0.15, 0.2) is 29.2 Å². The molecule has 0 spiro atoms. The lowest BCUT2D eigenvalue weighted by Gasteiger charge is -2.40. The summed E-state index contributed by atoms with van der Waals surface area (Å²) in [4.78, 5) is 2.35. The van der Waals surface area contributed by atoms with Crippen molar-refractivity contribution in [2.45, 2.75) is 49.8 Å². The smallest absolute Gasteiger partial charge is 0.183 e. The third kappa shape index (κ3) is 3.99. The Morgan fingerprint density at radius 1 is 1.04 bits per heavy atom. The maximum absolute atomic E-state index is 13.2. The summed E-state index contributed by atoms with van der Waals surface area (Å²) in [6.45, 7) is 7.86. The second-order valence-corrected chi connectivity index (χ2v) is 12.4. The normalized spacial score (nSPS) is 32.6. The van der Waals surface area contributed by atoms with E-state index >= 15 is 0 Å². The molecular formula is C19H29NO4S2. The van der Waals surface area contributed by atoms with E-state index in [0.29, 0.717) is 11.8 Å². The molecule has 2 fully saturated rings. The molecule has 26 heavy (non-hydrogen) atoms. The SMILES string of the molecule is CCc1ccc(S(=O)(=O)[C@H]2CS(=O)(=O)C[C@@H]2N2C[C@H](C)C[C@H](C)C2)cc1. The van der Waals surface area contributed by atoms with Gasteiger partial charge >= 0.3 is 0 Å². The van der Waals surface area contributed by atoms with Crippen molar-refractivity contribution in [2.75, 3.05) is 24.6 Å². The van der Waals surface area contributed by atoms with Crippen LogP contribution in [0.3, 0.4) is 0 Å². The van der Waals surface area contributed by atoms with Gasteiger partial charge in [0.15, 0.2) is 19.7 Å². The van der Waals surface area contributed by atoms with E-state index in [0.717, 1.165) is 31.5 Å². The molecule has 2 heterocycles. The van der Waals surface area contributed by atoms with Gasteiger partial charge in [0.1, 0.15) is 0 Å². The fourth-order valence-corrected chi connectivity index (χ4v) is 9.34. The topological polar surface area (TPSA) is 71.5 Å². The number of hydrogen-bond acceptors (Lipinski definition) is 5. The predicted molar refractivity (Wildman–Crippen MR) is 104 cm³/mol. The average Bonchev–Trinajstić information content (AvgIpc) is 2.90. The number of likely N-dealkylation sites (tertiary alicyclic amines) is 1. The van der Waals surface area contributed by atoms with E-state index < -0.39 is 31.0 Å². The van der Waals surface area contributed by atoms with Gasteiger partial charge in [-0.15, -0.1) is 0 Å². The van der Waals surface area contributed by atoms with Crippen LogP contribution in [0.2, 0.25) is 0 Å². The van der Waals surface area contributed by atoms with Gasteiger partial charge in [-0.1, -0.05) is 32.9 Å². The van der Waals surface area contributed by atoms with Crippen LogP contribution in [0.1, 0.15) is 32.8 Å². The summed E-state index contributed by atoms with van der Waals surface area (Å²) in [6, 6.07) is 6.43. The van der Waals surface area contributed by atoms with Crippen LogP contribution < -0.4 is 0 Å². The Morgan fingerprint density at radius 2 is 1.62 bits per heavy atom. The standard InChI is InChI=1S/C19H29NO4S2/c1-4-16-5-7-17(8-6-16)26(23,24)19-13-25(21,22)12-18(19)20-10-14(2)9-15(3)11-20/h5-8,14-15,18-19H,4,9-13H2,1-3H3/t14-,15+,18-,19-/m0/s1. The van der Waals surface area contributed by atoms with Gasteiger partial charge in [-0.25, -0.2) is 16.8 Å². The molecule has 1 aromatic rings. The predicted octanol–water partition coefficient (Wildman–Crippen LogP) is 2.17. The third-order valence-electron chi connectivity index (χ3n) is 5.70. The Bertz CT molecular complexity index is 836. The van der Waals surface area contributed by atoms with Crippen molar-refractivity contribution in [2.24, 2.45) is 11.8 Å². The van der Waals surface area contributed by atoms with E-state index in [1.165, 1.54) is 0 Å². The van der Waals surface area contributed by atoms with Crippen LogP contribution in [0, 0.1) is 11.8 Å². The number of piperidine rings is 1. The largest absolute Gasteiger partial charge is 0.297 e. The number of aryl methyl sites for hydroxylation is 1. The van der Waals surface area contributed by atoms with E-state index in [-0.39, 0.29) is 16.4 Å². The van der Waals surface area contributed by atoms with Crippen LogP contribution in [0.5, 0.6) is 0 Å². The van der Waals surface area contributed by atoms with Crippen molar-refractivity contribution in [3.05, 3.63) is 29.8 Å². The summed E-state index contributed by atoms with van der Waals surface area (Å²) in [6.07, 6.45) is 1.94. The second kappa shape index (κ2) is 7.24. The molecule has 0 saturated carbocycles. The maximum atomic E-state index is 13.2. The van der Waals surface area contributed by atoms with Crippen molar-refractivity contribution in [1.82, 2.24) is 4.90 Å². The molecule has 4 atom stereocenters. The van der Waals surface area contributed by atoms with Gasteiger partial charge in [0, 0.05) is 19.1 Å². The third-order valence-corrected chi connectivity index (χ3v) is 9.83. The molecule has 2 aliphatic rings. The summed E-state index contributed by atoms with van der Waals surface area (Å²) in [5, 5.41) is -0.877. The molecule has 5 nitrogen and oxygen atoms in total. The molecule has 1 aromatic carbocycles. The molecule has 146 valence electrons. The van der Waals surface area contributed by atoms with Gasteiger partial charge in [0.2, 0.25) is 0 Å². The average molecular weight is 400 g/mol. The molecule has 0 N–H and O–H groups in total. The molecule has 0 aliphatic carbocycles. The highest BCUT2D eigenvalue weighted by atomic mass is 32.2. The van der Waals surface area contributed by atoms with E-state index in [9.17, 15) is 16.8 Å². The van der Waals surface area contributed by atoms with Crippen LogP contribution in [-0.4, -0.2) is 57.6 Å². The Kier molecular flexibility index (Phi) is 5.53. The van der Waals surface area contributed by atoms with E-state index in [2.05, 4.69) is 18.7 Å². The van der Waals surface area contributed by atoms with Crippen molar-refractivity contribution < 1.29 is 16.8 Å². The van der Waals surface area contributed by atoms with E-state index in [4.69, 9.17) is 0 Å². The molecule has 2 aliphatic heterocycles. The summed E-state index contributed by atoms with van der Waals surface area (Å²) in [7, 11) is -7.04. The highest BCUT2D eigenvalue weighted by Gasteiger charge is 2.49. The van der Waals surface area contributed by atoms with Crippen LogP contribution >= 0.6 is 0 Å². The van der Waals surface area contributed by atoms with Crippen molar-refractivity contribution >= 4 is 19.7 Å². The summed E-state index contributed by atoms with van der Waals surface area (Å²) in [5.41, 5.74) is 1.07. The molecule has 0 aromatic heterocycles. The first-order valence-electron chi connectivity index (χ1n) is 9.39. The summed E-state index contributed by atoms with van der Waals surface area (Å²) >= 11 is 0. The van der Waals surface area contributed by atoms with Gasteiger partial charge in [-0.3, -0.25) is 4.90 Å². The molecule has 0 amide bonds. The molecule has 3 rings (SSSR count). The number of nitrogens with zero attached hydrogens (tertiary/aromatic N) is 1. The zero-order valence-corrected chi connectivity index (χ0v) is 17.4. The fraction of sp³-hybridized carbons (Fsp3) is 0.684. The first kappa shape index (κ1) is 19.8. The maximum Gasteiger partial charge on any atom is 0.183 e. The van der Waals surface area contributed by atoms with E-state index in [1.54, 1.807) is 12.1 Å². The second-order valence-electron chi connectivity index (χ2n) is 8.13. The van der Waals surface area contributed by atoms with Crippen molar-refractivity contribution in [3.8, 4) is 0 Å². The van der Waals surface area contributed by atoms with Crippen LogP contribution in [-0.2, 0) is 26.1 Å². The minimum absolute atomic E-state index is 0.0522. The lowest BCUT2D eigenvalue weighted by atomic mass is 9.91. The number of sulfone groups is 2. The zero-order chi connectivity index (χ0) is 19.1. The van der Waals surface area contributed by atoms with Gasteiger partial charge in [0.25, 0.3) is 0 Å². The van der Waals surface area contributed by atoms with E-state index in [1.807, 2.05) is 19.1 Å². The molecule has 0 bridgehead atoms. The Balaban J connectivity index is 1.94. The Labute approximate surface area is 157 Å². The van der Waals surface area contributed by atoms with Gasteiger partial charge in [-0.05, 0) is 42.4 Å².